The van der Waals surface area contributed by atoms with Gasteiger partial charge < -0.3 is 14.8 Å². The van der Waals surface area contributed by atoms with Crippen molar-refractivity contribution in [1.29, 1.82) is 0 Å². The number of carbonyl (C=O) groups excluding carboxylic acids is 3. The first kappa shape index (κ1) is 24.7. The third kappa shape index (κ3) is 10.1. The lowest BCUT2D eigenvalue weighted by Crippen LogP contribution is -2.28. The molecule has 1 unspecified atom stereocenters. The number of nitrogens with one attached hydrogen (secondary N) is 1. The predicted octanol–water partition coefficient (Wildman–Crippen LogP) is 4.90. The van der Waals surface area contributed by atoms with E-state index in [2.05, 4.69) is 12.2 Å². The molecule has 6 heteroatoms. The molecular weight excluding hydrogens is 370 g/mol. The molecule has 1 amide bonds. The minimum atomic E-state index is -0.526. The van der Waals surface area contributed by atoms with Gasteiger partial charge in [0.25, 0.3) is 0 Å². The van der Waals surface area contributed by atoms with E-state index >= 15 is 0 Å². The minimum Gasteiger partial charge on any atom is -0.423 e. The van der Waals surface area contributed by atoms with Crippen molar-refractivity contribution in [3.05, 3.63) is 23.8 Å². The van der Waals surface area contributed by atoms with Crippen LogP contribution in [-0.4, -0.2) is 24.4 Å². The van der Waals surface area contributed by atoms with Gasteiger partial charge in [-0.05, 0) is 31.0 Å². The SMILES string of the molecule is CCCCCCCCCCNC(=O)C(C)c1ccc(OC(C)=O)c(OC(C)=O)c1. The quantitative estimate of drug-likeness (QED) is 0.287. The van der Waals surface area contributed by atoms with E-state index in [4.69, 9.17) is 9.47 Å². The van der Waals surface area contributed by atoms with Crippen LogP contribution in [0.5, 0.6) is 11.5 Å². The van der Waals surface area contributed by atoms with E-state index in [0.717, 1.165) is 12.8 Å². The highest BCUT2D eigenvalue weighted by Crippen LogP contribution is 2.31. The zero-order chi connectivity index (χ0) is 21.6. The fourth-order valence-electron chi connectivity index (χ4n) is 3.04. The van der Waals surface area contributed by atoms with E-state index in [1.54, 1.807) is 19.1 Å². The normalized spacial score (nSPS) is 11.6. The lowest BCUT2D eigenvalue weighted by molar-refractivity contribution is -0.134. The van der Waals surface area contributed by atoms with Crippen molar-refractivity contribution in [2.24, 2.45) is 0 Å². The maximum atomic E-state index is 12.4. The van der Waals surface area contributed by atoms with Gasteiger partial charge in [-0.1, -0.05) is 57.9 Å². The minimum absolute atomic E-state index is 0.0815. The van der Waals surface area contributed by atoms with Crippen LogP contribution in [0.3, 0.4) is 0 Å². The summed E-state index contributed by atoms with van der Waals surface area (Å²) in [6, 6.07) is 4.81. The van der Waals surface area contributed by atoms with Crippen molar-refractivity contribution < 1.29 is 23.9 Å². The Morgan fingerprint density at radius 1 is 0.862 bits per heavy atom. The van der Waals surface area contributed by atoms with E-state index in [1.165, 1.54) is 58.4 Å². The van der Waals surface area contributed by atoms with Gasteiger partial charge in [0.05, 0.1) is 5.92 Å². The molecule has 0 aliphatic rings. The standard InChI is InChI=1S/C23H35NO5/c1-5-6-7-8-9-10-11-12-15-24-23(27)17(2)20-13-14-21(28-18(3)25)22(16-20)29-19(4)26/h13-14,16-17H,5-12,15H2,1-4H3,(H,24,27). The lowest BCUT2D eigenvalue weighted by Gasteiger charge is -2.15. The van der Waals surface area contributed by atoms with Crippen LogP contribution in [-0.2, 0) is 14.4 Å². The smallest absolute Gasteiger partial charge is 0.308 e. The molecule has 0 saturated heterocycles. The number of hydrogen-bond acceptors (Lipinski definition) is 5. The number of hydrogen-bond donors (Lipinski definition) is 1. The number of benzene rings is 1. The van der Waals surface area contributed by atoms with E-state index < -0.39 is 17.9 Å². The number of carbonyl (C=O) groups is 3. The van der Waals surface area contributed by atoms with Gasteiger partial charge >= 0.3 is 11.9 Å². The molecular formula is C23H35NO5. The summed E-state index contributed by atoms with van der Waals surface area (Å²) < 4.78 is 10.2. The summed E-state index contributed by atoms with van der Waals surface area (Å²) in [6.45, 7) is 7.20. The molecule has 0 radical (unpaired) electrons. The second-order valence-corrected chi connectivity index (χ2v) is 7.38. The van der Waals surface area contributed by atoms with Crippen molar-refractivity contribution in [3.63, 3.8) is 0 Å². The number of esters is 2. The fourth-order valence-corrected chi connectivity index (χ4v) is 3.04. The van der Waals surface area contributed by atoms with Gasteiger partial charge in [0.2, 0.25) is 5.91 Å². The molecule has 1 aromatic rings. The second-order valence-electron chi connectivity index (χ2n) is 7.38. The molecule has 6 nitrogen and oxygen atoms in total. The van der Waals surface area contributed by atoms with Gasteiger partial charge in [-0.25, -0.2) is 0 Å². The predicted molar refractivity (Wildman–Crippen MR) is 113 cm³/mol. The molecule has 0 aliphatic heterocycles. The summed E-state index contributed by atoms with van der Waals surface area (Å²) in [4.78, 5) is 35.0. The molecule has 0 heterocycles. The Morgan fingerprint density at radius 2 is 1.41 bits per heavy atom. The van der Waals surface area contributed by atoms with Crippen LogP contribution in [0, 0.1) is 0 Å². The zero-order valence-corrected chi connectivity index (χ0v) is 18.2. The van der Waals surface area contributed by atoms with Crippen molar-refractivity contribution in [3.8, 4) is 11.5 Å². The van der Waals surface area contributed by atoms with Gasteiger partial charge in [0, 0.05) is 20.4 Å². The zero-order valence-electron chi connectivity index (χ0n) is 18.2. The van der Waals surface area contributed by atoms with Crippen molar-refractivity contribution >= 4 is 17.8 Å². The molecule has 1 N–H and O–H groups in total. The molecule has 0 saturated carbocycles. The topological polar surface area (TPSA) is 81.7 Å². The largest absolute Gasteiger partial charge is 0.423 e. The molecule has 162 valence electrons. The maximum Gasteiger partial charge on any atom is 0.308 e. The Bertz CT molecular complexity index is 671. The van der Waals surface area contributed by atoms with E-state index in [-0.39, 0.29) is 17.4 Å². The molecule has 0 spiro atoms. The van der Waals surface area contributed by atoms with Crippen LogP contribution in [0.1, 0.15) is 90.5 Å². The number of ether oxygens (including phenoxy) is 2. The molecule has 1 rings (SSSR count). The molecule has 1 aromatic carbocycles. The first-order chi connectivity index (χ1) is 13.8. The van der Waals surface area contributed by atoms with Crippen molar-refractivity contribution in [2.75, 3.05) is 6.54 Å². The van der Waals surface area contributed by atoms with Crippen LogP contribution in [0.2, 0.25) is 0 Å². The van der Waals surface area contributed by atoms with E-state index in [0.29, 0.717) is 12.1 Å². The third-order valence-corrected chi connectivity index (χ3v) is 4.70. The van der Waals surface area contributed by atoms with E-state index in [9.17, 15) is 14.4 Å². The molecule has 0 aromatic heterocycles. The number of unbranched alkanes of at least 4 members (excludes halogenated alkanes) is 7. The first-order valence-corrected chi connectivity index (χ1v) is 10.6. The Morgan fingerprint density at radius 3 is 2.00 bits per heavy atom. The number of rotatable bonds is 13. The first-order valence-electron chi connectivity index (χ1n) is 10.6. The maximum absolute atomic E-state index is 12.4. The van der Waals surface area contributed by atoms with Crippen LogP contribution in [0.25, 0.3) is 0 Å². The van der Waals surface area contributed by atoms with Crippen LogP contribution in [0.15, 0.2) is 18.2 Å². The summed E-state index contributed by atoms with van der Waals surface area (Å²) >= 11 is 0. The summed E-state index contributed by atoms with van der Waals surface area (Å²) in [6.07, 6.45) is 9.75. The summed E-state index contributed by atoms with van der Waals surface area (Å²) in [5, 5.41) is 2.97. The van der Waals surface area contributed by atoms with Crippen LogP contribution in [0.4, 0.5) is 0 Å². The molecule has 0 bridgehead atoms. The van der Waals surface area contributed by atoms with Gasteiger partial charge in [0.15, 0.2) is 11.5 Å². The summed E-state index contributed by atoms with van der Waals surface area (Å²) in [7, 11) is 0. The molecule has 0 fully saturated rings. The van der Waals surface area contributed by atoms with Crippen LogP contribution >= 0.6 is 0 Å². The molecule has 1 atom stereocenters. The Labute approximate surface area is 174 Å². The summed E-state index contributed by atoms with van der Waals surface area (Å²) in [5.41, 5.74) is 0.686. The molecule has 0 aliphatic carbocycles. The van der Waals surface area contributed by atoms with Crippen molar-refractivity contribution in [1.82, 2.24) is 5.32 Å². The Kier molecular flexibility index (Phi) is 11.7. The van der Waals surface area contributed by atoms with Gasteiger partial charge in [0.1, 0.15) is 0 Å². The van der Waals surface area contributed by atoms with Gasteiger partial charge in [-0.2, -0.15) is 0 Å². The fraction of sp³-hybridized carbons (Fsp3) is 0.609. The molecule has 29 heavy (non-hydrogen) atoms. The average molecular weight is 406 g/mol. The lowest BCUT2D eigenvalue weighted by atomic mass is 9.99. The Balaban J connectivity index is 2.50. The number of amides is 1. The monoisotopic (exact) mass is 405 g/mol. The summed E-state index contributed by atoms with van der Waals surface area (Å²) in [5.74, 6) is -1.24. The highest BCUT2D eigenvalue weighted by atomic mass is 16.6. The average Bonchev–Trinajstić information content (AvgIpc) is 2.66. The third-order valence-electron chi connectivity index (χ3n) is 4.70. The van der Waals surface area contributed by atoms with Gasteiger partial charge in [-0.15, -0.1) is 0 Å². The van der Waals surface area contributed by atoms with Crippen LogP contribution < -0.4 is 14.8 Å². The highest BCUT2D eigenvalue weighted by Gasteiger charge is 2.18. The van der Waals surface area contributed by atoms with Crippen molar-refractivity contribution in [2.45, 2.75) is 85.0 Å². The van der Waals surface area contributed by atoms with E-state index in [1.807, 2.05) is 0 Å². The Hall–Kier alpha value is -2.37. The second kappa shape index (κ2) is 13.7. The van der Waals surface area contributed by atoms with Gasteiger partial charge in [-0.3, -0.25) is 14.4 Å². The highest BCUT2D eigenvalue weighted by molar-refractivity contribution is 5.83.